The second-order valence-corrected chi connectivity index (χ2v) is 3.61. The van der Waals surface area contributed by atoms with Crippen LogP contribution < -0.4 is 0 Å². The summed E-state index contributed by atoms with van der Waals surface area (Å²) in [5, 5.41) is 0. The van der Waals surface area contributed by atoms with Gasteiger partial charge >= 0.3 is 0 Å². The summed E-state index contributed by atoms with van der Waals surface area (Å²) in [6.07, 6.45) is 3.40. The maximum absolute atomic E-state index is 12.1. The van der Waals surface area contributed by atoms with Crippen LogP contribution in [0.2, 0.25) is 0 Å². The molecule has 20 heavy (non-hydrogen) atoms. The van der Waals surface area contributed by atoms with Crippen molar-refractivity contribution in [2.75, 3.05) is 0 Å². The lowest BCUT2D eigenvalue weighted by atomic mass is 9.82. The zero-order valence-electron chi connectivity index (χ0n) is 13.3. The quantitative estimate of drug-likeness (QED) is 0.622. The third-order valence-electron chi connectivity index (χ3n) is 2.77. The zero-order chi connectivity index (χ0) is 15.7. The van der Waals surface area contributed by atoms with E-state index < -0.39 is 0 Å². The Morgan fingerprint density at radius 3 is 1.25 bits per heavy atom. The summed E-state index contributed by atoms with van der Waals surface area (Å²) < 4.78 is 0. The fourth-order valence-electron chi connectivity index (χ4n) is 1.99. The molecule has 1 aliphatic rings. The van der Waals surface area contributed by atoms with Gasteiger partial charge < -0.3 is 0 Å². The van der Waals surface area contributed by atoms with Crippen LogP contribution in [0, 0.1) is 0 Å². The van der Waals surface area contributed by atoms with E-state index in [4.69, 9.17) is 0 Å². The van der Waals surface area contributed by atoms with Crippen molar-refractivity contribution in [3.63, 3.8) is 0 Å². The summed E-state index contributed by atoms with van der Waals surface area (Å²) in [7, 11) is 0. The van der Waals surface area contributed by atoms with Gasteiger partial charge in [-0.3, -0.25) is 9.59 Å². The van der Waals surface area contributed by atoms with Crippen LogP contribution >= 0.6 is 0 Å². The first kappa shape index (κ1) is 18.0. The van der Waals surface area contributed by atoms with Crippen molar-refractivity contribution in [1.29, 1.82) is 0 Å². The van der Waals surface area contributed by atoms with Gasteiger partial charge in [0.15, 0.2) is 11.6 Å². The summed E-state index contributed by atoms with van der Waals surface area (Å²) in [5.74, 6) is -0.128. The number of Topliss-reactive ketones (excluding diaryl/α,β-unsaturated/α-hetero) is 2. The molecule has 108 valence electrons. The van der Waals surface area contributed by atoms with Gasteiger partial charge in [-0.1, -0.05) is 64.1 Å². The molecule has 0 heterocycles. The lowest BCUT2D eigenvalue weighted by molar-refractivity contribution is 0.0972. The predicted octanol–water partition coefficient (Wildman–Crippen LogP) is 5.01. The molecule has 2 heteroatoms. The highest BCUT2D eigenvalue weighted by molar-refractivity contribution is 6.31. The molecule has 0 saturated carbocycles. The number of hydrogen-bond donors (Lipinski definition) is 0. The van der Waals surface area contributed by atoms with Gasteiger partial charge in [-0.15, -0.1) is 0 Å². The molecule has 0 amide bonds. The van der Waals surface area contributed by atoms with Crippen LogP contribution in [0.25, 0.3) is 0 Å². The van der Waals surface area contributed by atoms with Crippen molar-refractivity contribution in [2.24, 2.45) is 0 Å². The fraction of sp³-hybridized carbons (Fsp3) is 0.333. The van der Waals surface area contributed by atoms with E-state index in [-0.39, 0.29) is 11.6 Å². The van der Waals surface area contributed by atoms with Gasteiger partial charge in [0.25, 0.3) is 0 Å². The number of allylic oxidation sites excluding steroid dienone is 4. The van der Waals surface area contributed by atoms with E-state index in [0.717, 1.165) is 0 Å². The Labute approximate surface area is 122 Å². The second-order valence-electron chi connectivity index (χ2n) is 3.61. The molecule has 0 aromatic heterocycles. The lowest BCUT2D eigenvalue weighted by Gasteiger charge is -2.18. The minimum atomic E-state index is -0.0641. The Kier molecular flexibility index (Phi) is 8.14. The molecule has 0 radical (unpaired) electrons. The largest absolute Gasteiger partial charge is 0.289 e. The average molecular weight is 272 g/mol. The van der Waals surface area contributed by atoms with Crippen LogP contribution in [0.3, 0.4) is 0 Å². The van der Waals surface area contributed by atoms with E-state index >= 15 is 0 Å². The third kappa shape index (κ3) is 3.32. The number of carbonyl (C=O) groups excluding carboxylic acids is 2. The summed E-state index contributed by atoms with van der Waals surface area (Å²) in [4.78, 5) is 24.2. The van der Waals surface area contributed by atoms with Crippen molar-refractivity contribution in [3.8, 4) is 0 Å². The topological polar surface area (TPSA) is 34.1 Å². The van der Waals surface area contributed by atoms with Crippen LogP contribution in [0.4, 0.5) is 0 Å². The second kappa shape index (κ2) is 9.03. The molecule has 0 fully saturated rings. The van der Waals surface area contributed by atoms with Gasteiger partial charge in [0.05, 0.1) is 0 Å². The standard InChI is InChI=1S/C14H12O2.2C2H6/c1-3-9-10(4-2)14(16)12-8-6-5-7-11(12)13(9)15;2*1-2/h3-8H,1-2H3;2*1-2H3/b9-3+,10-4+;;. The Morgan fingerprint density at radius 2 is 1.00 bits per heavy atom. The number of carbonyl (C=O) groups is 2. The minimum Gasteiger partial charge on any atom is -0.289 e. The summed E-state index contributed by atoms with van der Waals surface area (Å²) in [6.45, 7) is 11.6. The van der Waals surface area contributed by atoms with E-state index in [1.54, 1.807) is 50.3 Å². The predicted molar refractivity (Wildman–Crippen MR) is 85.3 cm³/mol. The first-order chi connectivity index (χ1) is 9.70. The van der Waals surface area contributed by atoms with E-state index in [0.29, 0.717) is 22.3 Å². The maximum Gasteiger partial charge on any atom is 0.194 e. The van der Waals surface area contributed by atoms with E-state index in [9.17, 15) is 9.59 Å². The Hall–Kier alpha value is -1.96. The molecule has 0 atom stereocenters. The van der Waals surface area contributed by atoms with Crippen LogP contribution in [0.15, 0.2) is 47.6 Å². The number of benzene rings is 1. The lowest BCUT2D eigenvalue weighted by Crippen LogP contribution is -2.22. The van der Waals surface area contributed by atoms with Gasteiger partial charge in [0, 0.05) is 22.3 Å². The van der Waals surface area contributed by atoms with Crippen molar-refractivity contribution in [2.45, 2.75) is 41.5 Å². The normalized spacial score (nSPS) is 16.9. The van der Waals surface area contributed by atoms with Crippen LogP contribution in [-0.4, -0.2) is 11.6 Å². The molecule has 0 unspecified atom stereocenters. The average Bonchev–Trinajstić information content (AvgIpc) is 2.54. The summed E-state index contributed by atoms with van der Waals surface area (Å²) in [6, 6.07) is 6.95. The fourth-order valence-corrected chi connectivity index (χ4v) is 1.99. The highest BCUT2D eigenvalue weighted by Gasteiger charge is 2.30. The molecule has 0 N–H and O–H groups in total. The zero-order valence-corrected chi connectivity index (χ0v) is 13.3. The number of ketones is 2. The van der Waals surface area contributed by atoms with E-state index in [1.165, 1.54) is 0 Å². The van der Waals surface area contributed by atoms with Crippen molar-refractivity contribution < 1.29 is 9.59 Å². The summed E-state index contributed by atoms with van der Waals surface area (Å²) in [5.41, 5.74) is 2.02. The van der Waals surface area contributed by atoms with E-state index in [1.807, 2.05) is 27.7 Å². The molecular formula is C18H24O2. The first-order valence-electron chi connectivity index (χ1n) is 7.22. The van der Waals surface area contributed by atoms with Gasteiger partial charge in [-0.25, -0.2) is 0 Å². The van der Waals surface area contributed by atoms with Gasteiger partial charge in [0.2, 0.25) is 0 Å². The molecule has 2 nitrogen and oxygen atoms in total. The number of rotatable bonds is 0. The molecule has 2 rings (SSSR count). The maximum atomic E-state index is 12.1. The van der Waals surface area contributed by atoms with Gasteiger partial charge in [0.1, 0.15) is 0 Å². The highest BCUT2D eigenvalue weighted by Crippen LogP contribution is 2.29. The Bertz CT molecular complexity index is 485. The molecule has 0 bridgehead atoms. The van der Waals surface area contributed by atoms with Crippen molar-refractivity contribution in [1.82, 2.24) is 0 Å². The smallest absolute Gasteiger partial charge is 0.194 e. The molecule has 0 aliphatic heterocycles. The first-order valence-corrected chi connectivity index (χ1v) is 7.22. The molecule has 0 saturated heterocycles. The van der Waals surface area contributed by atoms with Crippen LogP contribution in [-0.2, 0) is 0 Å². The molecular weight excluding hydrogens is 248 g/mol. The third-order valence-corrected chi connectivity index (χ3v) is 2.77. The van der Waals surface area contributed by atoms with E-state index in [2.05, 4.69) is 0 Å². The molecule has 0 spiro atoms. The summed E-state index contributed by atoms with van der Waals surface area (Å²) >= 11 is 0. The molecule has 1 aromatic rings. The minimum absolute atomic E-state index is 0.0641. The molecule has 1 aliphatic carbocycles. The highest BCUT2D eigenvalue weighted by atomic mass is 16.1. The molecule has 1 aromatic carbocycles. The van der Waals surface area contributed by atoms with Crippen LogP contribution in [0.5, 0.6) is 0 Å². The van der Waals surface area contributed by atoms with Crippen LogP contribution in [0.1, 0.15) is 62.3 Å². The van der Waals surface area contributed by atoms with Crippen molar-refractivity contribution >= 4 is 11.6 Å². The van der Waals surface area contributed by atoms with Gasteiger partial charge in [-0.05, 0) is 13.8 Å². The van der Waals surface area contributed by atoms with Crippen molar-refractivity contribution in [3.05, 3.63) is 58.7 Å². The monoisotopic (exact) mass is 272 g/mol. The number of fused-ring (bicyclic) bond motifs is 1. The Balaban J connectivity index is 0.000000829. The number of hydrogen-bond acceptors (Lipinski definition) is 2. The Morgan fingerprint density at radius 1 is 0.700 bits per heavy atom. The SMILES string of the molecule is C/C=C1/C(=O)c2ccccc2C(=O)/C1=C/C.CC.CC. The van der Waals surface area contributed by atoms with Gasteiger partial charge in [-0.2, -0.15) is 0 Å².